The molecule has 3 heteroatoms. The van der Waals surface area contributed by atoms with Gasteiger partial charge in [-0.05, 0) is 38.0 Å². The molecule has 1 saturated carbocycles. The Morgan fingerprint density at radius 3 is 2.65 bits per heavy atom. The van der Waals surface area contributed by atoms with Crippen LogP contribution >= 0.6 is 0 Å². The van der Waals surface area contributed by atoms with Crippen molar-refractivity contribution in [3.05, 3.63) is 0 Å². The van der Waals surface area contributed by atoms with Crippen LogP contribution in [0.25, 0.3) is 0 Å². The molecule has 2 unspecified atom stereocenters. The maximum Gasteiger partial charge on any atom is 0.0702 e. The van der Waals surface area contributed by atoms with Crippen LogP contribution in [0.15, 0.2) is 0 Å². The number of ether oxygens (including phenoxy) is 1. The quantitative estimate of drug-likeness (QED) is 0.860. The fourth-order valence-electron chi connectivity index (χ4n) is 4.37. The summed E-state index contributed by atoms with van der Waals surface area (Å²) in [7, 11) is 0. The van der Waals surface area contributed by atoms with E-state index in [4.69, 9.17) is 4.74 Å². The minimum atomic E-state index is 0.451. The summed E-state index contributed by atoms with van der Waals surface area (Å²) in [4.78, 5) is 2.82. The van der Waals surface area contributed by atoms with Gasteiger partial charge in [-0.3, -0.25) is 4.90 Å². The lowest BCUT2D eigenvalue weighted by atomic mass is 9.87. The van der Waals surface area contributed by atoms with E-state index in [9.17, 15) is 0 Å². The van der Waals surface area contributed by atoms with Crippen LogP contribution in [0.1, 0.15) is 58.8 Å². The van der Waals surface area contributed by atoms with E-state index >= 15 is 0 Å². The van der Waals surface area contributed by atoms with Crippen molar-refractivity contribution in [2.75, 3.05) is 26.2 Å². The number of rotatable bonds is 3. The third-order valence-corrected chi connectivity index (χ3v) is 5.82. The Hall–Kier alpha value is -0.120. The molecule has 0 aromatic rings. The smallest absolute Gasteiger partial charge is 0.0702 e. The molecule has 1 N–H and O–H groups in total. The lowest BCUT2D eigenvalue weighted by Crippen LogP contribution is -2.65. The zero-order chi connectivity index (χ0) is 14.0. The van der Waals surface area contributed by atoms with Crippen molar-refractivity contribution in [2.24, 2.45) is 5.92 Å². The molecule has 0 bridgehead atoms. The molecule has 2 saturated heterocycles. The largest absolute Gasteiger partial charge is 0.377 e. The van der Waals surface area contributed by atoms with Crippen LogP contribution in [0.4, 0.5) is 0 Å². The van der Waals surface area contributed by atoms with E-state index in [2.05, 4.69) is 24.1 Å². The SMILES string of the molecule is CC(C)C1CN(CC2CCCCO2)C2(CCCC2)CN1. The first-order valence-electron chi connectivity index (χ1n) is 8.80. The molecule has 2 atom stereocenters. The minimum Gasteiger partial charge on any atom is -0.377 e. The third kappa shape index (κ3) is 3.05. The van der Waals surface area contributed by atoms with Gasteiger partial charge in [0.05, 0.1) is 6.10 Å². The molecule has 0 aromatic heterocycles. The van der Waals surface area contributed by atoms with Crippen molar-refractivity contribution in [3.8, 4) is 0 Å². The third-order valence-electron chi connectivity index (χ3n) is 5.82. The predicted molar refractivity (Wildman–Crippen MR) is 83.0 cm³/mol. The molecule has 0 radical (unpaired) electrons. The average molecular weight is 280 g/mol. The molecule has 2 heterocycles. The van der Waals surface area contributed by atoms with Gasteiger partial charge in [-0.1, -0.05) is 26.7 Å². The molecule has 0 amide bonds. The average Bonchev–Trinajstić information content (AvgIpc) is 2.92. The molecule has 20 heavy (non-hydrogen) atoms. The number of nitrogens with zero attached hydrogens (tertiary/aromatic N) is 1. The van der Waals surface area contributed by atoms with Gasteiger partial charge in [-0.2, -0.15) is 0 Å². The Bertz CT molecular complexity index is 306. The zero-order valence-electron chi connectivity index (χ0n) is 13.4. The summed E-state index contributed by atoms with van der Waals surface area (Å²) in [5.74, 6) is 0.725. The van der Waals surface area contributed by atoms with Crippen LogP contribution < -0.4 is 5.32 Å². The van der Waals surface area contributed by atoms with Crippen molar-refractivity contribution >= 4 is 0 Å². The lowest BCUT2D eigenvalue weighted by Gasteiger charge is -2.50. The summed E-state index contributed by atoms with van der Waals surface area (Å²) >= 11 is 0. The Morgan fingerprint density at radius 1 is 1.20 bits per heavy atom. The Labute approximate surface area is 124 Å². The van der Waals surface area contributed by atoms with Crippen molar-refractivity contribution in [1.82, 2.24) is 10.2 Å². The molecule has 3 fully saturated rings. The van der Waals surface area contributed by atoms with Gasteiger partial charge in [0, 0.05) is 37.8 Å². The zero-order valence-corrected chi connectivity index (χ0v) is 13.4. The maximum atomic E-state index is 6.02. The number of piperazine rings is 1. The minimum absolute atomic E-state index is 0.451. The molecule has 116 valence electrons. The lowest BCUT2D eigenvalue weighted by molar-refractivity contribution is -0.0478. The first kappa shape index (κ1) is 14.8. The van der Waals surface area contributed by atoms with E-state index < -0.39 is 0 Å². The predicted octanol–water partition coefficient (Wildman–Crippen LogP) is 2.80. The Balaban J connectivity index is 1.67. The number of hydrogen-bond acceptors (Lipinski definition) is 3. The maximum absolute atomic E-state index is 6.02. The van der Waals surface area contributed by atoms with Crippen LogP contribution in [0.2, 0.25) is 0 Å². The first-order chi connectivity index (χ1) is 9.70. The van der Waals surface area contributed by atoms with Crippen molar-refractivity contribution in [3.63, 3.8) is 0 Å². The van der Waals surface area contributed by atoms with E-state index in [0.717, 1.165) is 12.5 Å². The highest BCUT2D eigenvalue weighted by Crippen LogP contribution is 2.38. The second kappa shape index (κ2) is 6.33. The van der Waals surface area contributed by atoms with E-state index in [0.29, 0.717) is 17.7 Å². The summed E-state index contributed by atoms with van der Waals surface area (Å²) in [5.41, 5.74) is 0.451. The van der Waals surface area contributed by atoms with Crippen LogP contribution in [0.5, 0.6) is 0 Å². The van der Waals surface area contributed by atoms with Gasteiger partial charge < -0.3 is 10.1 Å². The molecule has 3 aliphatic rings. The van der Waals surface area contributed by atoms with E-state index in [1.54, 1.807) is 0 Å². The highest BCUT2D eigenvalue weighted by Gasteiger charge is 2.44. The summed E-state index contributed by atoms with van der Waals surface area (Å²) in [6, 6.07) is 0.657. The second-order valence-electron chi connectivity index (χ2n) is 7.56. The van der Waals surface area contributed by atoms with E-state index in [1.165, 1.54) is 64.6 Å². The van der Waals surface area contributed by atoms with Crippen LogP contribution in [0, 0.1) is 5.92 Å². The van der Waals surface area contributed by atoms with Gasteiger partial charge in [0.25, 0.3) is 0 Å². The van der Waals surface area contributed by atoms with Crippen LogP contribution in [-0.4, -0.2) is 48.8 Å². The van der Waals surface area contributed by atoms with Gasteiger partial charge in [0.1, 0.15) is 0 Å². The normalized spacial score (nSPS) is 35.0. The van der Waals surface area contributed by atoms with Crippen molar-refractivity contribution < 1.29 is 4.74 Å². The Kier molecular flexibility index (Phi) is 4.68. The molecule has 3 rings (SSSR count). The summed E-state index contributed by atoms with van der Waals surface area (Å²) in [6.45, 7) is 9.27. The van der Waals surface area contributed by atoms with Gasteiger partial charge in [0.2, 0.25) is 0 Å². The number of hydrogen-bond donors (Lipinski definition) is 1. The van der Waals surface area contributed by atoms with Gasteiger partial charge in [-0.15, -0.1) is 0 Å². The Morgan fingerprint density at radius 2 is 2.00 bits per heavy atom. The fourth-order valence-corrected chi connectivity index (χ4v) is 4.37. The van der Waals surface area contributed by atoms with Gasteiger partial charge in [0.15, 0.2) is 0 Å². The standard InChI is InChI=1S/C17H32N2O/c1-14(2)16-12-19(11-15-7-3-6-10-20-15)17(13-18-16)8-4-5-9-17/h14-16,18H,3-13H2,1-2H3. The van der Waals surface area contributed by atoms with E-state index in [-0.39, 0.29) is 0 Å². The van der Waals surface area contributed by atoms with Crippen LogP contribution in [-0.2, 0) is 4.74 Å². The van der Waals surface area contributed by atoms with Crippen molar-refractivity contribution in [1.29, 1.82) is 0 Å². The molecule has 3 nitrogen and oxygen atoms in total. The fraction of sp³-hybridized carbons (Fsp3) is 1.00. The van der Waals surface area contributed by atoms with Gasteiger partial charge >= 0.3 is 0 Å². The topological polar surface area (TPSA) is 24.5 Å². The van der Waals surface area contributed by atoms with Gasteiger partial charge in [-0.25, -0.2) is 0 Å². The summed E-state index contributed by atoms with van der Waals surface area (Å²) in [5, 5.41) is 3.84. The second-order valence-corrected chi connectivity index (χ2v) is 7.56. The molecule has 2 aliphatic heterocycles. The molecular weight excluding hydrogens is 248 g/mol. The molecule has 1 spiro atoms. The molecule has 1 aliphatic carbocycles. The van der Waals surface area contributed by atoms with Crippen molar-refractivity contribution in [2.45, 2.75) is 76.5 Å². The monoisotopic (exact) mass is 280 g/mol. The highest BCUT2D eigenvalue weighted by atomic mass is 16.5. The highest BCUT2D eigenvalue weighted by molar-refractivity contribution is 5.02. The molecular formula is C17H32N2O. The summed E-state index contributed by atoms with van der Waals surface area (Å²) < 4.78 is 6.02. The molecule has 0 aromatic carbocycles. The van der Waals surface area contributed by atoms with Crippen LogP contribution in [0.3, 0.4) is 0 Å². The number of nitrogens with one attached hydrogen (secondary N) is 1. The summed E-state index contributed by atoms with van der Waals surface area (Å²) in [6.07, 6.45) is 9.98. The first-order valence-corrected chi connectivity index (χ1v) is 8.80. The van der Waals surface area contributed by atoms with E-state index in [1.807, 2.05) is 0 Å².